The highest BCUT2D eigenvalue weighted by atomic mass is 32.1. The van der Waals surface area contributed by atoms with E-state index in [1.807, 2.05) is 4.90 Å². The van der Waals surface area contributed by atoms with Crippen LogP contribution < -0.4 is 14.2 Å². The summed E-state index contributed by atoms with van der Waals surface area (Å²) in [6.45, 7) is 1.24. The minimum absolute atomic E-state index is 0.0982. The highest BCUT2D eigenvalue weighted by Crippen LogP contribution is 2.40. The minimum atomic E-state index is -0.0982. The first-order chi connectivity index (χ1) is 13.1. The lowest BCUT2D eigenvalue weighted by atomic mass is 9.97. The summed E-state index contributed by atoms with van der Waals surface area (Å²) >= 11 is 1.51. The molecule has 0 bridgehead atoms. The molecule has 0 radical (unpaired) electrons. The number of likely N-dealkylation sites (tertiary alicyclic amines) is 1. The molecule has 8 heteroatoms. The van der Waals surface area contributed by atoms with Crippen molar-refractivity contribution in [3.05, 3.63) is 33.8 Å². The summed E-state index contributed by atoms with van der Waals surface area (Å²) in [5, 5.41) is 2.74. The number of carbonyl (C=O) groups is 2. The Kier molecular flexibility index (Phi) is 5.95. The van der Waals surface area contributed by atoms with Crippen molar-refractivity contribution < 1.29 is 23.8 Å². The molecule has 144 valence electrons. The third-order valence-corrected chi connectivity index (χ3v) is 5.75. The molecule has 1 aliphatic heterocycles. The Morgan fingerprint density at radius 2 is 1.85 bits per heavy atom. The maximum atomic E-state index is 13.0. The topological polar surface area (TPSA) is 78.0 Å². The predicted octanol–water partition coefficient (Wildman–Crippen LogP) is 3.00. The molecule has 1 aromatic carbocycles. The van der Waals surface area contributed by atoms with Gasteiger partial charge in [0.1, 0.15) is 5.69 Å². The first-order valence-electron chi connectivity index (χ1n) is 8.61. The lowest BCUT2D eigenvalue weighted by molar-refractivity contribution is 0.0708. The fraction of sp³-hybridized carbons (Fsp3) is 0.421. The van der Waals surface area contributed by atoms with E-state index in [0.717, 1.165) is 24.1 Å². The van der Waals surface area contributed by atoms with E-state index >= 15 is 0 Å². The lowest BCUT2D eigenvalue weighted by Gasteiger charge is -2.31. The van der Waals surface area contributed by atoms with Crippen molar-refractivity contribution >= 4 is 23.5 Å². The molecule has 3 rings (SSSR count). The molecule has 1 aromatic heterocycles. The summed E-state index contributed by atoms with van der Waals surface area (Å²) in [7, 11) is 4.56. The molecule has 27 heavy (non-hydrogen) atoms. The Morgan fingerprint density at radius 3 is 2.41 bits per heavy atom. The molecule has 1 aliphatic rings. The number of aromatic nitrogens is 1. The molecule has 7 nitrogen and oxygen atoms in total. The van der Waals surface area contributed by atoms with E-state index in [0.29, 0.717) is 41.6 Å². The number of methoxy groups -OCH3 is 3. The van der Waals surface area contributed by atoms with Crippen molar-refractivity contribution in [2.45, 2.75) is 18.8 Å². The third-order valence-electron chi connectivity index (χ3n) is 4.73. The van der Waals surface area contributed by atoms with Crippen LogP contribution in [0.25, 0.3) is 0 Å². The van der Waals surface area contributed by atoms with Crippen LogP contribution in [0, 0.1) is 0 Å². The average Bonchev–Trinajstić information content (AvgIpc) is 3.21. The van der Waals surface area contributed by atoms with E-state index in [9.17, 15) is 9.59 Å². The molecule has 0 aliphatic carbocycles. The number of rotatable bonds is 6. The van der Waals surface area contributed by atoms with E-state index in [2.05, 4.69) is 4.98 Å². The molecule has 2 aromatic rings. The molecule has 2 heterocycles. The first kappa shape index (κ1) is 19.2. The van der Waals surface area contributed by atoms with Gasteiger partial charge in [-0.2, -0.15) is 0 Å². The van der Waals surface area contributed by atoms with Crippen molar-refractivity contribution in [2.75, 3.05) is 34.4 Å². The van der Waals surface area contributed by atoms with E-state index in [1.165, 1.54) is 32.7 Å². The number of aldehydes is 1. The second kappa shape index (κ2) is 8.39. The zero-order chi connectivity index (χ0) is 19.4. The number of nitrogens with zero attached hydrogens (tertiary/aromatic N) is 2. The number of thiazole rings is 1. The van der Waals surface area contributed by atoms with Crippen LogP contribution >= 0.6 is 11.3 Å². The molecule has 0 N–H and O–H groups in total. The summed E-state index contributed by atoms with van der Waals surface area (Å²) in [5.41, 5.74) is 0.926. The zero-order valence-electron chi connectivity index (χ0n) is 15.6. The Balaban J connectivity index is 1.75. The summed E-state index contributed by atoms with van der Waals surface area (Å²) < 4.78 is 16.1. The molecule has 1 amide bonds. The van der Waals surface area contributed by atoms with Gasteiger partial charge in [-0.05, 0) is 25.0 Å². The molecule has 0 spiro atoms. The number of carbonyl (C=O) groups excluding carboxylic acids is 2. The number of amides is 1. The molecule has 1 fully saturated rings. The normalized spacial score (nSPS) is 14.7. The first-order valence-corrected chi connectivity index (χ1v) is 9.49. The van der Waals surface area contributed by atoms with Gasteiger partial charge in [-0.15, -0.1) is 11.3 Å². The predicted molar refractivity (Wildman–Crippen MR) is 101 cm³/mol. The van der Waals surface area contributed by atoms with Crippen molar-refractivity contribution in [3.63, 3.8) is 0 Å². The summed E-state index contributed by atoms with van der Waals surface area (Å²) in [6, 6.07) is 3.41. The maximum Gasteiger partial charge on any atom is 0.257 e. The Morgan fingerprint density at radius 1 is 1.15 bits per heavy atom. The highest BCUT2D eigenvalue weighted by molar-refractivity contribution is 7.09. The number of benzene rings is 1. The molecular formula is C19H22N2O5S. The smallest absolute Gasteiger partial charge is 0.257 e. The number of hydrogen-bond donors (Lipinski definition) is 0. The summed E-state index contributed by atoms with van der Waals surface area (Å²) in [4.78, 5) is 30.0. The van der Waals surface area contributed by atoms with E-state index in [1.54, 1.807) is 17.5 Å². The van der Waals surface area contributed by atoms with Crippen molar-refractivity contribution in [3.8, 4) is 17.2 Å². The van der Waals surface area contributed by atoms with Gasteiger partial charge in [0.05, 0.1) is 31.9 Å². The van der Waals surface area contributed by atoms with Crippen LogP contribution in [0.15, 0.2) is 17.5 Å². The van der Waals surface area contributed by atoms with Gasteiger partial charge in [0.2, 0.25) is 5.75 Å². The van der Waals surface area contributed by atoms with Crippen LogP contribution in [0.4, 0.5) is 0 Å². The van der Waals surface area contributed by atoms with Crippen LogP contribution in [0.5, 0.6) is 17.2 Å². The number of piperidine rings is 1. The molecule has 0 atom stereocenters. The second-order valence-electron chi connectivity index (χ2n) is 6.18. The maximum absolute atomic E-state index is 13.0. The number of ether oxygens (including phenoxy) is 3. The fourth-order valence-electron chi connectivity index (χ4n) is 3.31. The van der Waals surface area contributed by atoms with E-state index in [-0.39, 0.29) is 11.8 Å². The second-order valence-corrected chi connectivity index (χ2v) is 7.07. The highest BCUT2D eigenvalue weighted by Gasteiger charge is 2.29. The van der Waals surface area contributed by atoms with Gasteiger partial charge < -0.3 is 19.1 Å². The molecule has 0 unspecified atom stereocenters. The number of hydrogen-bond acceptors (Lipinski definition) is 7. The molecular weight excluding hydrogens is 368 g/mol. The monoisotopic (exact) mass is 390 g/mol. The Hall–Kier alpha value is -2.61. The van der Waals surface area contributed by atoms with Gasteiger partial charge in [0.25, 0.3) is 5.91 Å². The standard InChI is InChI=1S/C19H22N2O5S/c1-24-15-5-4-14(16(25-2)17(15)26-3)19(23)21-8-6-12(7-9-21)18-20-13(10-22)11-27-18/h4-5,10-12H,6-9H2,1-3H3. The fourth-order valence-corrected chi connectivity index (χ4v) is 4.25. The van der Waals surface area contributed by atoms with Gasteiger partial charge in [-0.25, -0.2) is 4.98 Å². The molecule has 0 saturated carbocycles. The van der Waals surface area contributed by atoms with Gasteiger partial charge in [-0.3, -0.25) is 9.59 Å². The van der Waals surface area contributed by atoms with Crippen molar-refractivity contribution in [2.24, 2.45) is 0 Å². The third kappa shape index (κ3) is 3.75. The van der Waals surface area contributed by atoms with Gasteiger partial charge in [0, 0.05) is 24.4 Å². The summed E-state index contributed by atoms with van der Waals surface area (Å²) in [6.07, 6.45) is 2.39. The lowest BCUT2D eigenvalue weighted by Crippen LogP contribution is -2.38. The Labute approximate surface area is 161 Å². The van der Waals surface area contributed by atoms with Crippen molar-refractivity contribution in [1.29, 1.82) is 0 Å². The minimum Gasteiger partial charge on any atom is -0.493 e. The van der Waals surface area contributed by atoms with E-state index < -0.39 is 0 Å². The summed E-state index contributed by atoms with van der Waals surface area (Å²) in [5.74, 6) is 1.47. The van der Waals surface area contributed by atoms with Crippen LogP contribution in [0.1, 0.15) is 44.6 Å². The van der Waals surface area contributed by atoms with E-state index in [4.69, 9.17) is 14.2 Å². The van der Waals surface area contributed by atoms with Crippen LogP contribution in [-0.2, 0) is 0 Å². The largest absolute Gasteiger partial charge is 0.493 e. The van der Waals surface area contributed by atoms with Gasteiger partial charge in [-0.1, -0.05) is 0 Å². The zero-order valence-corrected chi connectivity index (χ0v) is 16.4. The van der Waals surface area contributed by atoms with Crippen LogP contribution in [-0.4, -0.2) is 56.5 Å². The molecule has 1 saturated heterocycles. The van der Waals surface area contributed by atoms with Gasteiger partial charge >= 0.3 is 0 Å². The quantitative estimate of drug-likeness (QED) is 0.706. The Bertz CT molecular complexity index is 828. The average molecular weight is 390 g/mol. The van der Waals surface area contributed by atoms with Crippen LogP contribution in [0.3, 0.4) is 0 Å². The SMILES string of the molecule is COc1ccc(C(=O)N2CCC(c3nc(C=O)cs3)CC2)c(OC)c1OC. The van der Waals surface area contributed by atoms with Crippen LogP contribution in [0.2, 0.25) is 0 Å². The van der Waals surface area contributed by atoms with Crippen molar-refractivity contribution in [1.82, 2.24) is 9.88 Å². The van der Waals surface area contributed by atoms with Gasteiger partial charge in [0.15, 0.2) is 17.8 Å².